The van der Waals surface area contributed by atoms with E-state index >= 15 is 0 Å². The van der Waals surface area contributed by atoms with Gasteiger partial charge in [-0.2, -0.15) is 5.10 Å². The Hall–Kier alpha value is -1.36. The molecular formula is C11H19N3O2. The quantitative estimate of drug-likeness (QED) is 0.702. The molecule has 0 saturated carbocycles. The van der Waals surface area contributed by atoms with Gasteiger partial charge in [-0.1, -0.05) is 6.92 Å². The fraction of sp³-hybridized carbons (Fsp3) is 0.636. The van der Waals surface area contributed by atoms with Gasteiger partial charge in [-0.05, 0) is 32.8 Å². The van der Waals surface area contributed by atoms with E-state index in [4.69, 9.17) is 5.73 Å². The van der Waals surface area contributed by atoms with Gasteiger partial charge in [-0.15, -0.1) is 0 Å². The first-order valence-electron chi connectivity index (χ1n) is 5.41. The number of aliphatic hydroxyl groups is 1. The van der Waals surface area contributed by atoms with Crippen molar-refractivity contribution >= 4 is 5.91 Å². The number of carbonyl (C=O) groups is 1. The fourth-order valence-corrected chi connectivity index (χ4v) is 1.75. The Morgan fingerprint density at radius 3 is 2.69 bits per heavy atom. The molecule has 1 amide bonds. The second kappa shape index (κ2) is 4.65. The summed E-state index contributed by atoms with van der Waals surface area (Å²) in [5, 5.41) is 16.4. The number of primary amides is 1. The third-order valence-electron chi connectivity index (χ3n) is 2.53. The topological polar surface area (TPSA) is 92.0 Å². The first-order valence-corrected chi connectivity index (χ1v) is 5.41. The van der Waals surface area contributed by atoms with Crippen LogP contribution in [-0.4, -0.2) is 26.8 Å². The van der Waals surface area contributed by atoms with E-state index in [1.807, 2.05) is 6.92 Å². The van der Waals surface area contributed by atoms with E-state index in [2.05, 4.69) is 10.2 Å². The first kappa shape index (κ1) is 12.7. The summed E-state index contributed by atoms with van der Waals surface area (Å²) < 4.78 is 0. The highest BCUT2D eigenvalue weighted by Crippen LogP contribution is 2.27. The molecule has 4 N–H and O–H groups in total. The Labute approximate surface area is 95.0 Å². The molecule has 1 aromatic heterocycles. The van der Waals surface area contributed by atoms with E-state index in [1.165, 1.54) is 0 Å². The third kappa shape index (κ3) is 3.34. The maximum Gasteiger partial charge on any atom is 0.269 e. The monoisotopic (exact) mass is 225 g/mol. The molecule has 0 aliphatic carbocycles. The van der Waals surface area contributed by atoms with Gasteiger partial charge in [0.25, 0.3) is 5.91 Å². The number of rotatable bonds is 5. The first-order chi connectivity index (χ1) is 7.33. The largest absolute Gasteiger partial charge is 0.390 e. The van der Waals surface area contributed by atoms with Crippen LogP contribution in [-0.2, 0) is 0 Å². The van der Waals surface area contributed by atoms with Crippen LogP contribution < -0.4 is 5.73 Å². The summed E-state index contributed by atoms with van der Waals surface area (Å²) in [4.78, 5) is 10.9. The smallest absolute Gasteiger partial charge is 0.269 e. The highest BCUT2D eigenvalue weighted by molar-refractivity contribution is 5.90. The lowest BCUT2D eigenvalue weighted by molar-refractivity contribution is 0.0620. The summed E-state index contributed by atoms with van der Waals surface area (Å²) in [6, 6.07) is 1.65. The zero-order valence-corrected chi connectivity index (χ0v) is 9.95. The maximum atomic E-state index is 10.9. The van der Waals surface area contributed by atoms with E-state index in [0.717, 1.165) is 12.1 Å². The van der Waals surface area contributed by atoms with Crippen LogP contribution in [0.1, 0.15) is 55.7 Å². The summed E-state index contributed by atoms with van der Waals surface area (Å²) in [7, 11) is 0. The van der Waals surface area contributed by atoms with E-state index in [1.54, 1.807) is 19.9 Å². The predicted molar refractivity (Wildman–Crippen MR) is 61.1 cm³/mol. The second-order valence-corrected chi connectivity index (χ2v) is 4.69. The summed E-state index contributed by atoms with van der Waals surface area (Å²) >= 11 is 0. The summed E-state index contributed by atoms with van der Waals surface area (Å²) in [5.74, 6) is -0.388. The lowest BCUT2D eigenvalue weighted by Crippen LogP contribution is -2.22. The van der Waals surface area contributed by atoms with Crippen LogP contribution >= 0.6 is 0 Å². The highest BCUT2D eigenvalue weighted by Gasteiger charge is 2.22. The van der Waals surface area contributed by atoms with Crippen molar-refractivity contribution in [3.05, 3.63) is 17.5 Å². The van der Waals surface area contributed by atoms with Crippen molar-refractivity contribution in [3.8, 4) is 0 Å². The number of aromatic amines is 1. The molecule has 16 heavy (non-hydrogen) atoms. The van der Waals surface area contributed by atoms with Crippen molar-refractivity contribution in [3.63, 3.8) is 0 Å². The molecule has 5 heteroatoms. The molecule has 1 atom stereocenters. The molecule has 0 bridgehead atoms. The number of hydrogen-bond acceptors (Lipinski definition) is 3. The molecule has 0 fully saturated rings. The van der Waals surface area contributed by atoms with Gasteiger partial charge in [0, 0.05) is 11.6 Å². The number of amides is 1. The normalized spacial score (nSPS) is 13.8. The van der Waals surface area contributed by atoms with Crippen LogP contribution in [0.3, 0.4) is 0 Å². The van der Waals surface area contributed by atoms with Crippen molar-refractivity contribution in [2.75, 3.05) is 0 Å². The molecule has 0 aliphatic rings. The zero-order chi connectivity index (χ0) is 12.3. The molecule has 1 unspecified atom stereocenters. The van der Waals surface area contributed by atoms with Crippen molar-refractivity contribution < 1.29 is 9.90 Å². The molecule has 0 spiro atoms. The van der Waals surface area contributed by atoms with E-state index in [9.17, 15) is 9.90 Å². The standard InChI is InChI=1S/C11H19N3O2/c1-4-7(6-11(2,3)16)8-5-9(10(12)15)14-13-8/h5,7,16H,4,6H2,1-3H3,(H2,12,15)(H,13,14). The molecule has 1 aromatic rings. The summed E-state index contributed by atoms with van der Waals surface area (Å²) in [5.41, 5.74) is 5.47. The number of nitrogens with zero attached hydrogens (tertiary/aromatic N) is 1. The summed E-state index contributed by atoms with van der Waals surface area (Å²) in [6.45, 7) is 5.56. The Morgan fingerprint density at radius 2 is 2.31 bits per heavy atom. The number of hydrogen-bond donors (Lipinski definition) is 3. The van der Waals surface area contributed by atoms with E-state index in [0.29, 0.717) is 6.42 Å². The molecule has 1 heterocycles. The van der Waals surface area contributed by atoms with Gasteiger partial charge >= 0.3 is 0 Å². The molecule has 0 saturated heterocycles. The average Bonchev–Trinajstić information content (AvgIpc) is 2.61. The lowest BCUT2D eigenvalue weighted by atomic mass is 9.89. The molecule has 90 valence electrons. The average molecular weight is 225 g/mol. The highest BCUT2D eigenvalue weighted by atomic mass is 16.3. The number of aromatic nitrogens is 2. The second-order valence-electron chi connectivity index (χ2n) is 4.69. The fourth-order valence-electron chi connectivity index (χ4n) is 1.75. The Morgan fingerprint density at radius 1 is 1.69 bits per heavy atom. The molecule has 0 aromatic carbocycles. The van der Waals surface area contributed by atoms with Gasteiger partial charge in [-0.3, -0.25) is 9.89 Å². The van der Waals surface area contributed by atoms with E-state index < -0.39 is 11.5 Å². The molecular weight excluding hydrogens is 206 g/mol. The van der Waals surface area contributed by atoms with Crippen molar-refractivity contribution in [1.29, 1.82) is 0 Å². The van der Waals surface area contributed by atoms with Gasteiger partial charge in [0.05, 0.1) is 5.60 Å². The van der Waals surface area contributed by atoms with Gasteiger partial charge in [-0.25, -0.2) is 0 Å². The van der Waals surface area contributed by atoms with Crippen molar-refractivity contribution in [1.82, 2.24) is 10.2 Å². The zero-order valence-electron chi connectivity index (χ0n) is 9.95. The predicted octanol–water partition coefficient (Wildman–Crippen LogP) is 1.16. The van der Waals surface area contributed by atoms with Crippen LogP contribution in [0.5, 0.6) is 0 Å². The van der Waals surface area contributed by atoms with Crippen LogP contribution in [0, 0.1) is 0 Å². The van der Waals surface area contributed by atoms with Crippen molar-refractivity contribution in [2.45, 2.75) is 45.1 Å². The third-order valence-corrected chi connectivity index (χ3v) is 2.53. The Balaban J connectivity index is 2.83. The molecule has 5 nitrogen and oxygen atoms in total. The van der Waals surface area contributed by atoms with Gasteiger partial charge < -0.3 is 10.8 Å². The van der Waals surface area contributed by atoms with Gasteiger partial charge in [0.2, 0.25) is 0 Å². The van der Waals surface area contributed by atoms with Gasteiger partial charge in [0.1, 0.15) is 5.69 Å². The SMILES string of the molecule is CCC(CC(C)(C)O)c1cc(C(N)=O)n[nH]1. The minimum absolute atomic E-state index is 0.153. The number of nitrogens with one attached hydrogen (secondary N) is 1. The number of carbonyl (C=O) groups excluding carboxylic acids is 1. The summed E-state index contributed by atoms with van der Waals surface area (Å²) in [6.07, 6.45) is 1.48. The van der Waals surface area contributed by atoms with Crippen LogP contribution in [0.2, 0.25) is 0 Å². The molecule has 1 rings (SSSR count). The number of H-pyrrole nitrogens is 1. The molecule has 0 radical (unpaired) electrons. The molecule has 0 aliphatic heterocycles. The lowest BCUT2D eigenvalue weighted by Gasteiger charge is -2.23. The minimum atomic E-state index is -0.737. The Kier molecular flexibility index (Phi) is 3.70. The van der Waals surface area contributed by atoms with Crippen LogP contribution in [0.25, 0.3) is 0 Å². The van der Waals surface area contributed by atoms with Crippen molar-refractivity contribution in [2.24, 2.45) is 5.73 Å². The van der Waals surface area contributed by atoms with Crippen LogP contribution in [0.15, 0.2) is 6.07 Å². The minimum Gasteiger partial charge on any atom is -0.390 e. The maximum absolute atomic E-state index is 10.9. The number of nitrogens with two attached hydrogens (primary N) is 1. The van der Waals surface area contributed by atoms with E-state index in [-0.39, 0.29) is 11.6 Å². The van der Waals surface area contributed by atoms with Crippen LogP contribution in [0.4, 0.5) is 0 Å². The van der Waals surface area contributed by atoms with Gasteiger partial charge in [0.15, 0.2) is 0 Å². The Bertz CT molecular complexity index is 366.